The third-order valence-electron chi connectivity index (χ3n) is 1.34. The van der Waals surface area contributed by atoms with E-state index in [-0.39, 0.29) is 0 Å². The largest absolute Gasteiger partial charge is 0.381 e. The second-order valence-electron chi connectivity index (χ2n) is 2.08. The minimum absolute atomic E-state index is 0.830. The molecule has 0 unspecified atom stereocenters. The van der Waals surface area contributed by atoms with Crippen molar-refractivity contribution < 1.29 is 4.74 Å². The Bertz CT molecular complexity index is 84.6. The van der Waals surface area contributed by atoms with Crippen LogP contribution in [0.3, 0.4) is 0 Å². The highest BCUT2D eigenvalue weighted by Crippen LogP contribution is 1.97. The normalized spacial score (nSPS) is 12.1. The second-order valence-corrected chi connectivity index (χ2v) is 2.08. The quantitative estimate of drug-likeness (QED) is 0.417. The van der Waals surface area contributed by atoms with Crippen molar-refractivity contribution in [3.8, 4) is 0 Å². The summed E-state index contributed by atoms with van der Waals surface area (Å²) in [6, 6.07) is 0. The first-order valence-electron chi connectivity index (χ1n) is 3.50. The zero-order valence-electron chi connectivity index (χ0n) is 6.61. The molecule has 0 bridgehead atoms. The molecule has 0 aromatic heterocycles. The molecule has 0 aromatic rings. The van der Waals surface area contributed by atoms with Gasteiger partial charge in [-0.25, -0.2) is 0 Å². The molecule has 0 spiro atoms. The van der Waals surface area contributed by atoms with E-state index in [2.05, 4.69) is 19.9 Å². The summed E-state index contributed by atoms with van der Waals surface area (Å²) < 4.78 is 5.17. The van der Waals surface area contributed by atoms with E-state index in [0.717, 1.165) is 19.6 Å². The van der Waals surface area contributed by atoms with E-state index in [9.17, 15) is 0 Å². The molecule has 0 rings (SSSR count). The molecule has 0 aliphatic rings. The van der Waals surface area contributed by atoms with Gasteiger partial charge in [0, 0.05) is 6.61 Å². The summed E-state index contributed by atoms with van der Waals surface area (Å²) in [7, 11) is 0. The Morgan fingerprint density at radius 2 is 2.22 bits per heavy atom. The van der Waals surface area contributed by atoms with Crippen molar-refractivity contribution in [3.63, 3.8) is 0 Å². The first-order chi connectivity index (χ1) is 4.31. The summed E-state index contributed by atoms with van der Waals surface area (Å²) in [6.07, 6.45) is 3.20. The van der Waals surface area contributed by atoms with Crippen LogP contribution in [0.4, 0.5) is 0 Å². The van der Waals surface area contributed by atoms with Gasteiger partial charge in [0.1, 0.15) is 0 Å². The molecule has 0 aliphatic heterocycles. The molecule has 0 atom stereocenters. The Morgan fingerprint density at radius 3 is 2.67 bits per heavy atom. The minimum atomic E-state index is 0.830. The summed E-state index contributed by atoms with van der Waals surface area (Å²) in [5, 5.41) is 0. The molecule has 1 nitrogen and oxygen atoms in total. The lowest BCUT2D eigenvalue weighted by atomic mass is 10.2. The highest BCUT2D eigenvalue weighted by molar-refractivity contribution is 4.94. The van der Waals surface area contributed by atoms with Gasteiger partial charge in [0.25, 0.3) is 0 Å². The SMILES string of the molecule is CC=C(C)CCOCC. The van der Waals surface area contributed by atoms with Gasteiger partial charge in [0.05, 0.1) is 6.61 Å². The van der Waals surface area contributed by atoms with Gasteiger partial charge in [0.2, 0.25) is 0 Å². The fourth-order valence-electron chi connectivity index (χ4n) is 0.522. The predicted octanol–water partition coefficient (Wildman–Crippen LogP) is 2.38. The molecule has 0 fully saturated rings. The van der Waals surface area contributed by atoms with Gasteiger partial charge in [-0.05, 0) is 27.2 Å². The predicted molar refractivity (Wildman–Crippen MR) is 40.5 cm³/mol. The van der Waals surface area contributed by atoms with Crippen molar-refractivity contribution in [2.75, 3.05) is 13.2 Å². The molecule has 0 aliphatic carbocycles. The third-order valence-corrected chi connectivity index (χ3v) is 1.34. The molecular weight excluding hydrogens is 112 g/mol. The van der Waals surface area contributed by atoms with E-state index < -0.39 is 0 Å². The molecule has 0 N–H and O–H groups in total. The monoisotopic (exact) mass is 128 g/mol. The Labute approximate surface area is 57.7 Å². The Kier molecular flexibility index (Phi) is 5.64. The molecule has 0 radical (unpaired) electrons. The summed E-state index contributed by atoms with van der Waals surface area (Å²) in [6.45, 7) is 7.90. The smallest absolute Gasteiger partial charge is 0.0502 e. The van der Waals surface area contributed by atoms with E-state index in [0.29, 0.717) is 0 Å². The average Bonchev–Trinajstić information content (AvgIpc) is 1.89. The van der Waals surface area contributed by atoms with Gasteiger partial charge in [-0.3, -0.25) is 0 Å². The van der Waals surface area contributed by atoms with Crippen molar-refractivity contribution >= 4 is 0 Å². The maximum atomic E-state index is 5.17. The van der Waals surface area contributed by atoms with Crippen LogP contribution in [0.15, 0.2) is 11.6 Å². The number of hydrogen-bond acceptors (Lipinski definition) is 1. The molecular formula is C8H16O. The highest BCUT2D eigenvalue weighted by atomic mass is 16.5. The molecule has 0 amide bonds. The molecule has 0 aromatic carbocycles. The van der Waals surface area contributed by atoms with Crippen LogP contribution in [0.25, 0.3) is 0 Å². The molecule has 9 heavy (non-hydrogen) atoms. The molecule has 54 valence electrons. The minimum Gasteiger partial charge on any atom is -0.381 e. The van der Waals surface area contributed by atoms with Crippen molar-refractivity contribution in [3.05, 3.63) is 11.6 Å². The molecule has 1 heteroatoms. The number of hydrogen-bond donors (Lipinski definition) is 0. The van der Waals surface area contributed by atoms with Crippen LogP contribution in [-0.2, 0) is 4.74 Å². The fraction of sp³-hybridized carbons (Fsp3) is 0.750. The third kappa shape index (κ3) is 5.57. The number of allylic oxidation sites excluding steroid dienone is 1. The Hall–Kier alpha value is -0.300. The van der Waals surface area contributed by atoms with E-state index in [1.54, 1.807) is 0 Å². The van der Waals surface area contributed by atoms with E-state index in [4.69, 9.17) is 4.74 Å². The number of rotatable bonds is 4. The summed E-state index contributed by atoms with van der Waals surface area (Å²) in [4.78, 5) is 0. The van der Waals surface area contributed by atoms with E-state index >= 15 is 0 Å². The van der Waals surface area contributed by atoms with E-state index in [1.165, 1.54) is 5.57 Å². The maximum absolute atomic E-state index is 5.17. The van der Waals surface area contributed by atoms with Crippen molar-refractivity contribution in [1.82, 2.24) is 0 Å². The summed E-state index contributed by atoms with van der Waals surface area (Å²) in [5.74, 6) is 0. The lowest BCUT2D eigenvalue weighted by Gasteiger charge is -1.99. The molecule has 0 saturated heterocycles. The van der Waals surface area contributed by atoms with Crippen LogP contribution >= 0.6 is 0 Å². The van der Waals surface area contributed by atoms with Gasteiger partial charge in [0.15, 0.2) is 0 Å². The lowest BCUT2D eigenvalue weighted by Crippen LogP contribution is -1.93. The molecule has 0 saturated carbocycles. The maximum Gasteiger partial charge on any atom is 0.0502 e. The van der Waals surface area contributed by atoms with Crippen LogP contribution in [0.2, 0.25) is 0 Å². The summed E-state index contributed by atoms with van der Waals surface area (Å²) >= 11 is 0. The first-order valence-corrected chi connectivity index (χ1v) is 3.50. The Morgan fingerprint density at radius 1 is 1.56 bits per heavy atom. The second kappa shape index (κ2) is 5.83. The van der Waals surface area contributed by atoms with Crippen LogP contribution in [0.5, 0.6) is 0 Å². The highest BCUT2D eigenvalue weighted by Gasteiger charge is 1.85. The van der Waals surface area contributed by atoms with Crippen molar-refractivity contribution in [2.24, 2.45) is 0 Å². The van der Waals surface area contributed by atoms with Gasteiger partial charge in [-0.1, -0.05) is 11.6 Å². The van der Waals surface area contributed by atoms with Crippen LogP contribution in [0.1, 0.15) is 27.2 Å². The van der Waals surface area contributed by atoms with Crippen molar-refractivity contribution in [1.29, 1.82) is 0 Å². The molecule has 0 heterocycles. The van der Waals surface area contributed by atoms with Gasteiger partial charge in [-0.2, -0.15) is 0 Å². The first kappa shape index (κ1) is 8.70. The zero-order chi connectivity index (χ0) is 7.11. The van der Waals surface area contributed by atoms with Crippen LogP contribution < -0.4 is 0 Å². The zero-order valence-corrected chi connectivity index (χ0v) is 6.61. The number of ether oxygens (including phenoxy) is 1. The average molecular weight is 128 g/mol. The van der Waals surface area contributed by atoms with E-state index in [1.807, 2.05) is 6.92 Å². The fourth-order valence-corrected chi connectivity index (χ4v) is 0.522. The topological polar surface area (TPSA) is 9.23 Å². The Balaban J connectivity index is 3.07. The summed E-state index contributed by atoms with van der Waals surface area (Å²) in [5.41, 5.74) is 1.41. The van der Waals surface area contributed by atoms with Gasteiger partial charge < -0.3 is 4.74 Å². The van der Waals surface area contributed by atoms with Gasteiger partial charge in [-0.15, -0.1) is 0 Å². The van der Waals surface area contributed by atoms with Crippen LogP contribution in [-0.4, -0.2) is 13.2 Å². The lowest BCUT2D eigenvalue weighted by molar-refractivity contribution is 0.151. The van der Waals surface area contributed by atoms with Crippen LogP contribution in [0, 0.1) is 0 Å². The van der Waals surface area contributed by atoms with Gasteiger partial charge >= 0.3 is 0 Å². The standard InChI is InChI=1S/C8H16O/c1-4-8(3)6-7-9-5-2/h4H,5-7H2,1-3H3. The van der Waals surface area contributed by atoms with Crippen molar-refractivity contribution in [2.45, 2.75) is 27.2 Å².